The number of urea groups is 1. The monoisotopic (exact) mass is 636 g/mol. The van der Waals surface area contributed by atoms with Gasteiger partial charge in [0.05, 0.1) is 92.5 Å². The molecule has 14 heteroatoms. The lowest BCUT2D eigenvalue weighted by Crippen LogP contribution is -2.20. The summed E-state index contributed by atoms with van der Waals surface area (Å²) < 4.78 is 62.1. The van der Waals surface area contributed by atoms with Crippen LogP contribution in [0.3, 0.4) is 0 Å². The fourth-order valence-electron chi connectivity index (χ4n) is 4.08. The van der Waals surface area contributed by atoms with Crippen molar-refractivity contribution in [2.75, 3.05) is 130 Å². The number of hydrogen-bond donors (Lipinski definition) is 2. The molecule has 2 amide bonds. The van der Waals surface area contributed by atoms with Crippen molar-refractivity contribution in [2.24, 2.45) is 0 Å². The molecule has 2 aliphatic heterocycles. The third-order valence-electron chi connectivity index (χ3n) is 6.20. The van der Waals surface area contributed by atoms with Gasteiger partial charge in [0.15, 0.2) is 23.0 Å². The van der Waals surface area contributed by atoms with Crippen LogP contribution in [-0.4, -0.2) is 125 Å². The third-order valence-corrected chi connectivity index (χ3v) is 6.20. The molecule has 14 nitrogen and oxygen atoms in total. The van der Waals surface area contributed by atoms with Gasteiger partial charge in [0, 0.05) is 23.5 Å². The topological polar surface area (TPSA) is 143 Å². The number of ether oxygens (including phenoxy) is 11. The highest BCUT2D eigenvalue weighted by Gasteiger charge is 2.13. The Hall–Kier alpha value is -3.37. The van der Waals surface area contributed by atoms with Gasteiger partial charge in [-0.1, -0.05) is 0 Å². The van der Waals surface area contributed by atoms with E-state index >= 15 is 0 Å². The highest BCUT2D eigenvalue weighted by molar-refractivity contribution is 6.00. The molecule has 0 aromatic heterocycles. The minimum absolute atomic E-state index is 0.285. The number of fused-ring (bicyclic) bond motifs is 2. The van der Waals surface area contributed by atoms with E-state index in [0.717, 1.165) is 0 Å². The van der Waals surface area contributed by atoms with E-state index in [1.54, 1.807) is 36.4 Å². The summed E-state index contributed by atoms with van der Waals surface area (Å²) in [6.45, 7) is 7.53. The molecule has 0 aliphatic carbocycles. The van der Waals surface area contributed by atoms with Crippen LogP contribution in [-0.2, 0) is 33.2 Å². The van der Waals surface area contributed by atoms with E-state index in [1.165, 1.54) is 0 Å². The first-order valence-corrected chi connectivity index (χ1v) is 15.2. The molecule has 2 aromatic carbocycles. The molecule has 0 spiro atoms. The molecule has 0 fully saturated rings. The van der Waals surface area contributed by atoms with Crippen molar-refractivity contribution in [2.45, 2.75) is 0 Å². The van der Waals surface area contributed by atoms with Crippen LogP contribution in [0, 0.1) is 0 Å². The van der Waals surface area contributed by atoms with Gasteiger partial charge in [-0.3, -0.25) is 0 Å². The van der Waals surface area contributed by atoms with Crippen LogP contribution in [0.1, 0.15) is 0 Å². The van der Waals surface area contributed by atoms with Crippen molar-refractivity contribution in [1.29, 1.82) is 0 Å². The van der Waals surface area contributed by atoms with Gasteiger partial charge in [0.2, 0.25) is 0 Å². The fraction of sp³-hybridized carbons (Fsp3) is 0.581. The predicted octanol–water partition coefficient (Wildman–Crippen LogP) is 2.99. The number of carbonyl (C=O) groups excluding carboxylic acids is 1. The molecule has 2 aromatic rings. The van der Waals surface area contributed by atoms with Crippen LogP contribution in [0.15, 0.2) is 36.4 Å². The van der Waals surface area contributed by atoms with Gasteiger partial charge < -0.3 is 62.7 Å². The maximum atomic E-state index is 12.9. The third kappa shape index (κ3) is 14.1. The van der Waals surface area contributed by atoms with Gasteiger partial charge in [0.25, 0.3) is 0 Å². The zero-order valence-electron chi connectivity index (χ0n) is 25.6. The van der Waals surface area contributed by atoms with E-state index in [1.807, 2.05) is 0 Å². The number of nitrogens with one attached hydrogen (secondary N) is 2. The van der Waals surface area contributed by atoms with E-state index in [9.17, 15) is 4.79 Å². The van der Waals surface area contributed by atoms with Crippen LogP contribution in [0.2, 0.25) is 0 Å². The van der Waals surface area contributed by atoms with Crippen molar-refractivity contribution in [3.63, 3.8) is 0 Å². The lowest BCUT2D eigenvalue weighted by molar-refractivity contribution is -0.00841. The van der Waals surface area contributed by atoms with Crippen molar-refractivity contribution in [3.8, 4) is 23.0 Å². The maximum absolute atomic E-state index is 12.9. The largest absolute Gasteiger partial charge is 0.487 e. The van der Waals surface area contributed by atoms with Crippen LogP contribution in [0.25, 0.3) is 0 Å². The molecular formula is C31H44N2O12. The van der Waals surface area contributed by atoms with E-state index < -0.39 is 6.03 Å². The van der Waals surface area contributed by atoms with E-state index in [4.69, 9.17) is 52.1 Å². The Morgan fingerprint density at radius 1 is 0.378 bits per heavy atom. The molecule has 2 N–H and O–H groups in total. The normalized spacial score (nSPS) is 19.0. The number of rotatable bonds is 2. The zero-order chi connectivity index (χ0) is 31.2. The van der Waals surface area contributed by atoms with Crippen molar-refractivity contribution in [1.82, 2.24) is 0 Å². The highest BCUT2D eigenvalue weighted by atomic mass is 16.6. The summed E-state index contributed by atoms with van der Waals surface area (Å²) in [5, 5.41) is 5.67. The summed E-state index contributed by atoms with van der Waals surface area (Å²) in [6, 6.07) is 9.87. The predicted molar refractivity (Wildman–Crippen MR) is 163 cm³/mol. The second kappa shape index (κ2) is 21.4. The van der Waals surface area contributed by atoms with Crippen molar-refractivity contribution >= 4 is 17.4 Å². The summed E-state index contributed by atoms with van der Waals surface area (Å²) in [7, 11) is 0. The van der Waals surface area contributed by atoms with Gasteiger partial charge in [-0.15, -0.1) is 0 Å². The minimum atomic E-state index is -0.454. The first kappa shape index (κ1) is 34.5. The number of carbonyl (C=O) groups is 1. The molecule has 0 bridgehead atoms. The Balaban J connectivity index is 1.34. The van der Waals surface area contributed by atoms with Crippen LogP contribution < -0.4 is 29.6 Å². The molecule has 4 rings (SSSR count). The average Bonchev–Trinajstić information content (AvgIpc) is 3.04. The Bertz CT molecular complexity index is 1120. The molecule has 0 atom stereocenters. The molecule has 0 unspecified atom stereocenters. The Morgan fingerprint density at radius 2 is 0.644 bits per heavy atom. The maximum Gasteiger partial charge on any atom is 0.323 e. The molecule has 2 aliphatic rings. The first-order valence-electron chi connectivity index (χ1n) is 15.2. The number of anilines is 2. The van der Waals surface area contributed by atoms with Gasteiger partial charge in [0.1, 0.15) is 26.4 Å². The van der Waals surface area contributed by atoms with E-state index in [0.29, 0.717) is 147 Å². The second-order valence-corrected chi connectivity index (χ2v) is 9.58. The molecule has 0 saturated carbocycles. The molecule has 45 heavy (non-hydrogen) atoms. The van der Waals surface area contributed by atoms with Crippen molar-refractivity contribution < 1.29 is 56.9 Å². The van der Waals surface area contributed by atoms with Gasteiger partial charge in [-0.05, 0) is 24.3 Å². The standard InChI is InChI=1S/C31H44N2O12/c34-31(33-26-2-4-28-30(24-26)45-22-18-41-14-10-37-8-12-39-16-20-43-28)32-25-1-3-27-29(23-25)44-21-17-40-13-9-36-6-5-35-7-11-38-15-19-42-27/h1-4,23-24H,5-22H2,(H2,32,33,34). The lowest BCUT2D eigenvalue weighted by atomic mass is 10.2. The van der Waals surface area contributed by atoms with Crippen molar-refractivity contribution in [3.05, 3.63) is 36.4 Å². The number of hydrogen-bond acceptors (Lipinski definition) is 12. The number of benzene rings is 2. The molecular weight excluding hydrogens is 592 g/mol. The van der Waals surface area contributed by atoms with Crippen LogP contribution in [0.5, 0.6) is 23.0 Å². The number of amides is 2. The molecule has 2 heterocycles. The minimum Gasteiger partial charge on any atom is -0.487 e. The lowest BCUT2D eigenvalue weighted by Gasteiger charge is -2.16. The summed E-state index contributed by atoms with van der Waals surface area (Å²) in [4.78, 5) is 12.9. The average molecular weight is 637 g/mol. The summed E-state index contributed by atoms with van der Waals surface area (Å²) in [5.74, 6) is 1.99. The Labute approximate surface area is 263 Å². The second-order valence-electron chi connectivity index (χ2n) is 9.58. The summed E-state index contributed by atoms with van der Waals surface area (Å²) >= 11 is 0. The molecule has 0 radical (unpaired) electrons. The summed E-state index contributed by atoms with van der Waals surface area (Å²) in [5.41, 5.74) is 1.02. The summed E-state index contributed by atoms with van der Waals surface area (Å²) in [6.07, 6.45) is 0. The highest BCUT2D eigenvalue weighted by Crippen LogP contribution is 2.32. The Kier molecular flexibility index (Phi) is 16.4. The van der Waals surface area contributed by atoms with E-state index in [2.05, 4.69) is 10.6 Å². The van der Waals surface area contributed by atoms with E-state index in [-0.39, 0.29) is 6.61 Å². The molecule has 250 valence electrons. The fourth-order valence-corrected chi connectivity index (χ4v) is 4.08. The Morgan fingerprint density at radius 3 is 0.956 bits per heavy atom. The van der Waals surface area contributed by atoms with Crippen LogP contribution >= 0.6 is 0 Å². The van der Waals surface area contributed by atoms with Crippen LogP contribution in [0.4, 0.5) is 16.2 Å². The van der Waals surface area contributed by atoms with Gasteiger partial charge >= 0.3 is 6.03 Å². The first-order chi connectivity index (χ1) is 22.3. The zero-order valence-corrected chi connectivity index (χ0v) is 25.6. The molecule has 0 saturated heterocycles. The smallest absolute Gasteiger partial charge is 0.323 e. The van der Waals surface area contributed by atoms with Gasteiger partial charge in [-0.2, -0.15) is 0 Å². The van der Waals surface area contributed by atoms with Gasteiger partial charge in [-0.25, -0.2) is 4.79 Å². The quantitative estimate of drug-likeness (QED) is 0.500. The SMILES string of the molecule is O=C(Nc1ccc2c(c1)OCCOCCOCCOCCOCCO2)Nc1ccc2c(c1)OCCOCCOCCOCCO2.